The molecule has 3 rings (SSSR count). The van der Waals surface area contributed by atoms with Gasteiger partial charge in [-0.3, -0.25) is 4.98 Å². The summed E-state index contributed by atoms with van der Waals surface area (Å²) >= 11 is 0. The van der Waals surface area contributed by atoms with Gasteiger partial charge in [0.25, 0.3) is 0 Å². The molecule has 200 valence electrons. The summed E-state index contributed by atoms with van der Waals surface area (Å²) in [7, 11) is 1.59. The molecule has 0 radical (unpaired) electrons. The van der Waals surface area contributed by atoms with Gasteiger partial charge in [-0.2, -0.15) is 0 Å². The summed E-state index contributed by atoms with van der Waals surface area (Å²) in [6.45, 7) is 12.2. The predicted molar refractivity (Wildman–Crippen MR) is 143 cm³/mol. The van der Waals surface area contributed by atoms with E-state index < -0.39 is 6.16 Å². The normalized spacial score (nSPS) is 11.1. The first-order chi connectivity index (χ1) is 17.7. The monoisotopic (exact) mass is 511 g/mol. The van der Waals surface area contributed by atoms with Crippen molar-refractivity contribution in [1.29, 1.82) is 0 Å². The molecule has 1 aromatic heterocycles. The zero-order chi connectivity index (χ0) is 26.9. The number of methoxy groups -OCH3 is 1. The lowest BCUT2D eigenvalue weighted by Crippen LogP contribution is -2.13. The lowest BCUT2D eigenvalue weighted by atomic mass is 10.0. The largest absolute Gasteiger partial charge is 0.508 e. The number of pyridine rings is 1. The Bertz CT molecular complexity index is 1180. The number of aromatic nitrogens is 1. The molecule has 0 saturated carbocycles. The van der Waals surface area contributed by atoms with Crippen LogP contribution in [0.1, 0.15) is 47.2 Å². The number of carbonyl (C=O) groups is 1. The van der Waals surface area contributed by atoms with E-state index >= 15 is 0 Å². The van der Waals surface area contributed by atoms with Crippen molar-refractivity contribution in [3.05, 3.63) is 42.1 Å². The maximum absolute atomic E-state index is 11.4. The van der Waals surface area contributed by atoms with E-state index in [2.05, 4.69) is 6.92 Å². The fourth-order valence-electron chi connectivity index (χ4n) is 3.81. The lowest BCUT2D eigenvalue weighted by Gasteiger charge is -2.18. The van der Waals surface area contributed by atoms with Crippen molar-refractivity contribution in [2.24, 2.45) is 0 Å². The lowest BCUT2D eigenvalue weighted by molar-refractivity contribution is 0.0493. The molecule has 0 fully saturated rings. The van der Waals surface area contributed by atoms with Crippen molar-refractivity contribution in [3.63, 3.8) is 0 Å². The molecule has 0 bridgehead atoms. The van der Waals surface area contributed by atoms with Crippen molar-refractivity contribution < 1.29 is 33.2 Å². The van der Waals surface area contributed by atoms with E-state index in [4.69, 9.17) is 33.4 Å². The average Bonchev–Trinajstić information content (AvgIpc) is 2.84. The predicted octanol–water partition coefficient (Wildman–Crippen LogP) is 6.60. The zero-order valence-electron chi connectivity index (χ0n) is 22.8. The summed E-state index contributed by atoms with van der Waals surface area (Å²) in [4.78, 5) is 16.4. The van der Waals surface area contributed by atoms with Crippen LogP contribution in [0.4, 0.5) is 4.79 Å². The molecule has 0 spiro atoms. The number of benzene rings is 2. The summed E-state index contributed by atoms with van der Waals surface area (Å²) in [6, 6.07) is 11.7. The highest BCUT2D eigenvalue weighted by Crippen LogP contribution is 2.39. The van der Waals surface area contributed by atoms with E-state index in [1.165, 1.54) is 0 Å². The molecule has 0 aliphatic carbocycles. The molecule has 2 aromatic carbocycles. The summed E-state index contributed by atoms with van der Waals surface area (Å²) in [6.07, 6.45) is 0.0723. The molecule has 3 aromatic rings. The number of hydrogen-bond donors (Lipinski definition) is 0. The molecule has 0 aliphatic rings. The first-order valence-electron chi connectivity index (χ1n) is 12.7. The average molecular weight is 512 g/mol. The van der Waals surface area contributed by atoms with Crippen LogP contribution in [0.15, 0.2) is 36.4 Å². The Morgan fingerprint density at radius 3 is 2.08 bits per heavy atom. The number of rotatable bonds is 12. The van der Waals surface area contributed by atoms with Crippen LogP contribution in [-0.2, 0) is 15.9 Å². The third-order valence-electron chi connectivity index (χ3n) is 5.25. The van der Waals surface area contributed by atoms with Crippen LogP contribution in [0.2, 0.25) is 0 Å². The van der Waals surface area contributed by atoms with Crippen LogP contribution in [0.25, 0.3) is 22.0 Å². The van der Waals surface area contributed by atoms with Crippen LogP contribution in [-0.4, -0.2) is 50.3 Å². The third kappa shape index (κ3) is 7.65. The van der Waals surface area contributed by atoms with Gasteiger partial charge in [-0.1, -0.05) is 6.92 Å². The molecular weight excluding hydrogens is 474 g/mol. The molecule has 8 heteroatoms. The zero-order valence-corrected chi connectivity index (χ0v) is 22.8. The minimum atomic E-state index is -0.718. The maximum atomic E-state index is 11.4. The van der Waals surface area contributed by atoms with Gasteiger partial charge in [0.1, 0.15) is 24.7 Å². The SMILES string of the molecule is CCOC(=O)OCCOc1cc2cc(CC)nc(-c3cc(OC(C)C)cc(OC(C)C)c3)c2cc1OC. The van der Waals surface area contributed by atoms with Crippen LogP contribution in [0.3, 0.4) is 0 Å². The summed E-state index contributed by atoms with van der Waals surface area (Å²) in [5.74, 6) is 2.52. The summed E-state index contributed by atoms with van der Waals surface area (Å²) in [5.41, 5.74) is 2.62. The van der Waals surface area contributed by atoms with Crippen molar-refractivity contribution in [1.82, 2.24) is 4.98 Å². The highest BCUT2D eigenvalue weighted by atomic mass is 16.7. The molecule has 0 unspecified atom stereocenters. The van der Waals surface area contributed by atoms with Gasteiger partial charge in [-0.15, -0.1) is 0 Å². The van der Waals surface area contributed by atoms with Crippen LogP contribution >= 0.6 is 0 Å². The fraction of sp³-hybridized carbons (Fsp3) is 0.448. The van der Waals surface area contributed by atoms with E-state index in [-0.39, 0.29) is 32.0 Å². The van der Waals surface area contributed by atoms with Gasteiger partial charge in [-0.05, 0) is 76.8 Å². The molecule has 37 heavy (non-hydrogen) atoms. The summed E-state index contributed by atoms with van der Waals surface area (Å²) < 4.78 is 33.3. The van der Waals surface area contributed by atoms with E-state index in [9.17, 15) is 4.79 Å². The quantitative estimate of drug-likeness (QED) is 0.199. The maximum Gasteiger partial charge on any atom is 0.508 e. The van der Waals surface area contributed by atoms with Crippen LogP contribution in [0, 0.1) is 0 Å². The van der Waals surface area contributed by atoms with Gasteiger partial charge < -0.3 is 28.4 Å². The smallest absolute Gasteiger partial charge is 0.493 e. The Labute approximate surface area is 218 Å². The topological polar surface area (TPSA) is 85.3 Å². The molecule has 1 heterocycles. The van der Waals surface area contributed by atoms with Gasteiger partial charge in [0, 0.05) is 22.7 Å². The van der Waals surface area contributed by atoms with E-state index in [0.717, 1.165) is 34.1 Å². The van der Waals surface area contributed by atoms with Gasteiger partial charge in [0.15, 0.2) is 11.5 Å². The first kappa shape index (κ1) is 27.9. The second-order valence-corrected chi connectivity index (χ2v) is 8.95. The second kappa shape index (κ2) is 13.0. The molecular formula is C29H37NO7. The van der Waals surface area contributed by atoms with Crippen LogP contribution < -0.4 is 18.9 Å². The van der Waals surface area contributed by atoms with Gasteiger partial charge in [0.2, 0.25) is 0 Å². The van der Waals surface area contributed by atoms with E-state index in [0.29, 0.717) is 23.0 Å². The minimum Gasteiger partial charge on any atom is -0.493 e. The highest BCUT2D eigenvalue weighted by molar-refractivity contribution is 5.97. The number of hydrogen-bond acceptors (Lipinski definition) is 8. The van der Waals surface area contributed by atoms with Crippen LogP contribution in [0.5, 0.6) is 23.0 Å². The standard InChI is InChI=1S/C29H37NO7/c1-8-22-12-20-15-27(34-10-11-35-29(31)33-9-2)26(32-7)17-25(20)28(30-22)21-13-23(36-18(3)4)16-24(14-21)37-19(5)6/h12-19H,8-11H2,1-7H3. The fourth-order valence-corrected chi connectivity index (χ4v) is 3.81. The Balaban J connectivity index is 2.04. The molecule has 0 saturated heterocycles. The van der Waals surface area contributed by atoms with Gasteiger partial charge >= 0.3 is 6.16 Å². The van der Waals surface area contributed by atoms with E-state index in [1.807, 2.05) is 64.1 Å². The molecule has 0 N–H and O–H groups in total. The number of carbonyl (C=O) groups excluding carboxylic acids is 1. The Hall–Kier alpha value is -3.68. The summed E-state index contributed by atoms with van der Waals surface area (Å²) in [5, 5.41) is 1.85. The van der Waals surface area contributed by atoms with Crippen molar-refractivity contribution >= 4 is 16.9 Å². The Kier molecular flexibility index (Phi) is 9.83. The highest BCUT2D eigenvalue weighted by Gasteiger charge is 2.16. The Morgan fingerprint density at radius 1 is 0.838 bits per heavy atom. The van der Waals surface area contributed by atoms with Gasteiger partial charge in [0.05, 0.1) is 31.6 Å². The molecule has 8 nitrogen and oxygen atoms in total. The third-order valence-corrected chi connectivity index (χ3v) is 5.25. The first-order valence-corrected chi connectivity index (χ1v) is 12.7. The molecule has 0 amide bonds. The van der Waals surface area contributed by atoms with E-state index in [1.54, 1.807) is 14.0 Å². The number of ether oxygens (including phenoxy) is 6. The number of aryl methyl sites for hydroxylation is 1. The van der Waals surface area contributed by atoms with Crippen molar-refractivity contribution in [2.45, 2.75) is 60.2 Å². The molecule has 0 aliphatic heterocycles. The number of nitrogens with zero attached hydrogens (tertiary/aromatic N) is 1. The van der Waals surface area contributed by atoms with Crippen molar-refractivity contribution in [2.75, 3.05) is 26.9 Å². The number of fused-ring (bicyclic) bond motifs is 1. The van der Waals surface area contributed by atoms with Crippen molar-refractivity contribution in [3.8, 4) is 34.3 Å². The van der Waals surface area contributed by atoms with Gasteiger partial charge in [-0.25, -0.2) is 4.79 Å². The molecule has 0 atom stereocenters. The minimum absolute atomic E-state index is 0.0152. The second-order valence-electron chi connectivity index (χ2n) is 8.95. The Morgan fingerprint density at radius 2 is 1.51 bits per heavy atom.